The van der Waals surface area contributed by atoms with Gasteiger partial charge >= 0.3 is 0 Å². The number of nitrogens with one attached hydrogen (secondary N) is 1. The summed E-state index contributed by atoms with van der Waals surface area (Å²) in [4.78, 5) is 12.0. The summed E-state index contributed by atoms with van der Waals surface area (Å²) in [6, 6.07) is 4.50. The molecule has 26 heavy (non-hydrogen) atoms. The molecule has 0 radical (unpaired) electrons. The monoisotopic (exact) mass is 362 g/mol. The summed E-state index contributed by atoms with van der Waals surface area (Å²) < 4.78 is 6.07. The second-order valence-corrected chi connectivity index (χ2v) is 9.54. The Hall–Kier alpha value is -1.55. The van der Waals surface area contributed by atoms with E-state index in [-0.39, 0.29) is 23.3 Å². The van der Waals surface area contributed by atoms with Crippen molar-refractivity contribution < 1.29 is 9.53 Å². The third-order valence-electron chi connectivity index (χ3n) is 4.28. The predicted molar refractivity (Wildman–Crippen MR) is 110 cm³/mol. The number of carbonyl (C=O) groups is 1. The maximum absolute atomic E-state index is 12.0. The normalized spacial score (nSPS) is 12.4. The van der Waals surface area contributed by atoms with Crippen LogP contribution in [0, 0.1) is 5.92 Å². The van der Waals surface area contributed by atoms with Crippen LogP contribution in [0.1, 0.15) is 72.1 Å². The van der Waals surface area contributed by atoms with Gasteiger partial charge in [0.15, 0.2) is 6.61 Å². The van der Waals surface area contributed by atoms with Crippen LogP contribution in [0.4, 0.5) is 0 Å². The first-order valence-electron chi connectivity index (χ1n) is 9.63. The van der Waals surface area contributed by atoms with Crippen LogP contribution >= 0.6 is 0 Å². The van der Waals surface area contributed by atoms with Crippen LogP contribution in [-0.2, 0) is 22.0 Å². The van der Waals surface area contributed by atoms with Crippen LogP contribution in [0.25, 0.3) is 0 Å². The zero-order chi connectivity index (χ0) is 20.1. The van der Waals surface area contributed by atoms with Crippen LogP contribution in [-0.4, -0.2) is 25.6 Å². The Morgan fingerprint density at radius 3 is 2.19 bits per heavy atom. The zero-order valence-electron chi connectivity index (χ0n) is 18.0. The zero-order valence-corrected chi connectivity index (χ0v) is 18.0. The first kappa shape index (κ1) is 22.5. The highest BCUT2D eigenvalue weighted by molar-refractivity contribution is 5.77. The molecular weight excluding hydrogens is 324 g/mol. The fourth-order valence-electron chi connectivity index (χ4n) is 2.84. The minimum atomic E-state index is -0.134. The maximum atomic E-state index is 12.0. The van der Waals surface area contributed by atoms with Crippen molar-refractivity contribution >= 4 is 5.91 Å². The highest BCUT2D eigenvalue weighted by Gasteiger charge is 2.26. The van der Waals surface area contributed by atoms with Crippen molar-refractivity contribution in [3.8, 4) is 5.75 Å². The molecule has 4 heteroatoms. The summed E-state index contributed by atoms with van der Waals surface area (Å²) >= 11 is 0. The first-order chi connectivity index (χ1) is 11.9. The number of amides is 1. The molecule has 148 valence electrons. The summed E-state index contributed by atoms with van der Waals surface area (Å²) in [6.07, 6.45) is 0.923. The molecule has 4 nitrogen and oxygen atoms in total. The van der Waals surface area contributed by atoms with Gasteiger partial charge in [-0.15, -0.1) is 0 Å². The summed E-state index contributed by atoms with van der Waals surface area (Å²) in [7, 11) is 0. The van der Waals surface area contributed by atoms with Crippen molar-refractivity contribution in [2.24, 2.45) is 11.7 Å². The number of hydrogen-bond donors (Lipinski definition) is 2. The Kier molecular flexibility index (Phi) is 7.70. The summed E-state index contributed by atoms with van der Waals surface area (Å²) in [6.45, 7) is 18.6. The van der Waals surface area contributed by atoms with E-state index in [2.05, 4.69) is 72.8 Å². The molecule has 0 aliphatic heterocycles. The standard InChI is InChI=1S/C22H38N2O2/c1-15(2)11-16-12-17(21(3,4)5)13-18(22(6,7)8)20(16)26-14-19(25)24-10-9-23/h12-13,15H,9-11,14,23H2,1-8H3,(H,24,25). The Bertz CT molecular complexity index is 608. The van der Waals surface area contributed by atoms with Crippen molar-refractivity contribution in [1.29, 1.82) is 0 Å². The Morgan fingerprint density at radius 1 is 1.12 bits per heavy atom. The number of nitrogens with two attached hydrogens (primary N) is 1. The van der Waals surface area contributed by atoms with E-state index in [4.69, 9.17) is 10.5 Å². The third kappa shape index (κ3) is 6.64. The molecule has 0 saturated carbocycles. The predicted octanol–water partition coefficient (Wildman–Crippen LogP) is 3.93. The molecule has 0 unspecified atom stereocenters. The van der Waals surface area contributed by atoms with Gasteiger partial charge in [0.05, 0.1) is 0 Å². The lowest BCUT2D eigenvalue weighted by molar-refractivity contribution is -0.123. The van der Waals surface area contributed by atoms with E-state index in [1.54, 1.807) is 0 Å². The number of hydrogen-bond acceptors (Lipinski definition) is 3. The van der Waals surface area contributed by atoms with Gasteiger partial charge in [-0.05, 0) is 34.3 Å². The number of rotatable bonds is 7. The van der Waals surface area contributed by atoms with Gasteiger partial charge in [-0.2, -0.15) is 0 Å². The number of ether oxygens (including phenoxy) is 1. The largest absolute Gasteiger partial charge is 0.483 e. The van der Waals surface area contributed by atoms with Gasteiger partial charge in [0.1, 0.15) is 5.75 Å². The highest BCUT2D eigenvalue weighted by Crippen LogP contribution is 2.39. The lowest BCUT2D eigenvalue weighted by atomic mass is 9.78. The average Bonchev–Trinajstić information content (AvgIpc) is 2.48. The van der Waals surface area contributed by atoms with Gasteiger partial charge in [0, 0.05) is 18.7 Å². The van der Waals surface area contributed by atoms with Crippen LogP contribution in [0.2, 0.25) is 0 Å². The quantitative estimate of drug-likeness (QED) is 0.772. The molecule has 0 fully saturated rings. The van der Waals surface area contributed by atoms with Crippen LogP contribution in [0.3, 0.4) is 0 Å². The van der Waals surface area contributed by atoms with Gasteiger partial charge < -0.3 is 15.8 Å². The van der Waals surface area contributed by atoms with E-state index in [9.17, 15) is 4.79 Å². The maximum Gasteiger partial charge on any atom is 0.257 e. The molecule has 0 bridgehead atoms. The van der Waals surface area contributed by atoms with Gasteiger partial charge in [0.2, 0.25) is 0 Å². The van der Waals surface area contributed by atoms with Crippen LogP contribution in [0.15, 0.2) is 12.1 Å². The number of benzene rings is 1. The molecule has 1 aromatic carbocycles. The molecule has 1 rings (SSSR count). The van der Waals surface area contributed by atoms with E-state index in [0.29, 0.717) is 19.0 Å². The van der Waals surface area contributed by atoms with Gasteiger partial charge in [-0.1, -0.05) is 67.5 Å². The van der Waals surface area contributed by atoms with Crippen LogP contribution < -0.4 is 15.8 Å². The second kappa shape index (κ2) is 8.90. The minimum Gasteiger partial charge on any atom is -0.483 e. The van der Waals surface area contributed by atoms with Crippen LogP contribution in [0.5, 0.6) is 5.75 Å². The molecule has 0 heterocycles. The molecule has 0 saturated heterocycles. The van der Waals surface area contributed by atoms with Crippen molar-refractivity contribution in [3.63, 3.8) is 0 Å². The van der Waals surface area contributed by atoms with Crippen molar-refractivity contribution in [3.05, 3.63) is 28.8 Å². The second-order valence-electron chi connectivity index (χ2n) is 9.54. The fourth-order valence-corrected chi connectivity index (χ4v) is 2.84. The summed E-state index contributed by atoms with van der Waals surface area (Å²) in [5, 5.41) is 2.77. The molecule has 0 aliphatic carbocycles. The van der Waals surface area contributed by atoms with Crippen molar-refractivity contribution in [2.75, 3.05) is 19.7 Å². The summed E-state index contributed by atoms with van der Waals surface area (Å²) in [5.41, 5.74) is 9.08. The highest BCUT2D eigenvalue weighted by atomic mass is 16.5. The van der Waals surface area contributed by atoms with Gasteiger partial charge in [0.25, 0.3) is 5.91 Å². The van der Waals surface area contributed by atoms with E-state index in [1.807, 2.05) is 0 Å². The van der Waals surface area contributed by atoms with E-state index in [1.165, 1.54) is 11.1 Å². The molecule has 0 aromatic heterocycles. The van der Waals surface area contributed by atoms with E-state index >= 15 is 0 Å². The van der Waals surface area contributed by atoms with Crippen molar-refractivity contribution in [1.82, 2.24) is 5.32 Å². The molecule has 3 N–H and O–H groups in total. The fraction of sp³-hybridized carbons (Fsp3) is 0.682. The molecular formula is C22H38N2O2. The number of carbonyl (C=O) groups excluding carboxylic acids is 1. The topological polar surface area (TPSA) is 64.3 Å². The van der Waals surface area contributed by atoms with Gasteiger partial charge in [-0.25, -0.2) is 0 Å². The Balaban J connectivity index is 3.36. The lowest BCUT2D eigenvalue weighted by Crippen LogP contribution is -2.33. The SMILES string of the molecule is CC(C)Cc1cc(C(C)(C)C)cc(C(C)(C)C)c1OCC(=O)NCCN. The molecule has 1 aromatic rings. The molecule has 0 aliphatic rings. The Labute approximate surface area is 159 Å². The van der Waals surface area contributed by atoms with E-state index in [0.717, 1.165) is 17.7 Å². The molecule has 0 spiro atoms. The lowest BCUT2D eigenvalue weighted by Gasteiger charge is -2.29. The summed E-state index contributed by atoms with van der Waals surface area (Å²) in [5.74, 6) is 1.24. The third-order valence-corrected chi connectivity index (χ3v) is 4.28. The molecule has 1 amide bonds. The molecule has 0 atom stereocenters. The Morgan fingerprint density at radius 2 is 1.73 bits per heavy atom. The minimum absolute atomic E-state index is 0.0169. The average molecular weight is 363 g/mol. The first-order valence-corrected chi connectivity index (χ1v) is 9.63. The van der Waals surface area contributed by atoms with E-state index < -0.39 is 0 Å². The smallest absolute Gasteiger partial charge is 0.257 e. The van der Waals surface area contributed by atoms with Gasteiger partial charge in [-0.3, -0.25) is 4.79 Å². The van der Waals surface area contributed by atoms with Crippen molar-refractivity contribution in [2.45, 2.75) is 72.6 Å².